The Labute approximate surface area is 157 Å². The Bertz CT molecular complexity index is 718. The Balaban J connectivity index is 1.98. The highest BCUT2D eigenvalue weighted by atomic mass is 79.9. The summed E-state index contributed by atoms with van der Waals surface area (Å²) in [6.07, 6.45) is 2.73. The second-order valence-electron chi connectivity index (χ2n) is 5.85. The zero-order valence-electron chi connectivity index (χ0n) is 14.8. The summed E-state index contributed by atoms with van der Waals surface area (Å²) in [4.78, 5) is 12.4. The molecular weight excluding hydrogens is 382 g/mol. The predicted molar refractivity (Wildman–Crippen MR) is 104 cm³/mol. The van der Waals surface area contributed by atoms with Crippen LogP contribution in [0.2, 0.25) is 0 Å². The SMILES string of the molecule is CCCCc1ccc(NC(=O)C(C)Oc2cccc(OC)c2)c(Br)c1. The van der Waals surface area contributed by atoms with E-state index in [1.807, 2.05) is 24.3 Å². The van der Waals surface area contributed by atoms with Crippen LogP contribution in [0, 0.1) is 0 Å². The zero-order valence-corrected chi connectivity index (χ0v) is 16.4. The minimum absolute atomic E-state index is 0.204. The molecule has 1 atom stereocenters. The van der Waals surface area contributed by atoms with Gasteiger partial charge in [-0.1, -0.05) is 25.5 Å². The van der Waals surface area contributed by atoms with Gasteiger partial charge in [-0.05, 0) is 65.5 Å². The number of carbonyl (C=O) groups excluding carboxylic acids is 1. The lowest BCUT2D eigenvalue weighted by Crippen LogP contribution is -2.30. The standard InChI is InChI=1S/C20H24BrNO3/c1-4-5-7-15-10-11-19(18(21)12-15)22-20(23)14(2)25-17-9-6-8-16(13-17)24-3/h6,8-14H,4-5,7H2,1-3H3,(H,22,23). The predicted octanol–water partition coefficient (Wildman–Crippen LogP) is 5.21. The molecule has 25 heavy (non-hydrogen) atoms. The average molecular weight is 406 g/mol. The summed E-state index contributed by atoms with van der Waals surface area (Å²) in [5.74, 6) is 1.08. The second kappa shape index (κ2) is 9.47. The summed E-state index contributed by atoms with van der Waals surface area (Å²) in [5, 5.41) is 2.90. The molecule has 1 amide bonds. The molecule has 0 aliphatic rings. The molecule has 0 radical (unpaired) electrons. The van der Waals surface area contributed by atoms with Gasteiger partial charge in [0.15, 0.2) is 6.10 Å². The van der Waals surface area contributed by atoms with Gasteiger partial charge in [0.05, 0.1) is 12.8 Å². The van der Waals surface area contributed by atoms with Crippen molar-refractivity contribution in [1.82, 2.24) is 0 Å². The molecule has 2 aromatic carbocycles. The number of aryl methyl sites for hydroxylation is 1. The zero-order chi connectivity index (χ0) is 18.2. The van der Waals surface area contributed by atoms with Crippen LogP contribution in [0.4, 0.5) is 5.69 Å². The number of unbranched alkanes of at least 4 members (excludes halogenated alkanes) is 1. The van der Waals surface area contributed by atoms with E-state index in [1.165, 1.54) is 5.56 Å². The minimum atomic E-state index is -0.626. The molecule has 0 bridgehead atoms. The summed E-state index contributed by atoms with van der Waals surface area (Å²) in [5.41, 5.74) is 2.00. The van der Waals surface area contributed by atoms with Gasteiger partial charge in [0.1, 0.15) is 11.5 Å². The van der Waals surface area contributed by atoms with Gasteiger partial charge in [-0.25, -0.2) is 0 Å². The molecule has 5 heteroatoms. The molecule has 1 N–H and O–H groups in total. The van der Waals surface area contributed by atoms with E-state index in [2.05, 4.69) is 34.2 Å². The Morgan fingerprint density at radius 3 is 2.64 bits per heavy atom. The molecule has 0 aliphatic heterocycles. The van der Waals surface area contributed by atoms with Crippen LogP contribution >= 0.6 is 15.9 Å². The first-order valence-corrected chi connectivity index (χ1v) is 9.22. The lowest BCUT2D eigenvalue weighted by Gasteiger charge is -2.16. The summed E-state index contributed by atoms with van der Waals surface area (Å²) in [7, 11) is 1.59. The van der Waals surface area contributed by atoms with Crippen molar-refractivity contribution in [2.75, 3.05) is 12.4 Å². The first-order chi connectivity index (χ1) is 12.0. The third-order valence-corrected chi connectivity index (χ3v) is 4.49. The van der Waals surface area contributed by atoms with Gasteiger partial charge in [0.2, 0.25) is 0 Å². The van der Waals surface area contributed by atoms with E-state index in [-0.39, 0.29) is 5.91 Å². The fourth-order valence-electron chi connectivity index (χ4n) is 2.36. The van der Waals surface area contributed by atoms with Crippen LogP contribution in [-0.2, 0) is 11.2 Å². The number of anilines is 1. The number of amides is 1. The number of rotatable bonds is 8. The van der Waals surface area contributed by atoms with Crippen molar-refractivity contribution in [3.05, 3.63) is 52.5 Å². The van der Waals surface area contributed by atoms with E-state index >= 15 is 0 Å². The summed E-state index contributed by atoms with van der Waals surface area (Å²) in [6, 6.07) is 13.2. The van der Waals surface area contributed by atoms with Gasteiger partial charge in [-0.2, -0.15) is 0 Å². The van der Waals surface area contributed by atoms with Gasteiger partial charge < -0.3 is 14.8 Å². The van der Waals surface area contributed by atoms with Crippen molar-refractivity contribution in [3.8, 4) is 11.5 Å². The van der Waals surface area contributed by atoms with Gasteiger partial charge in [-0.15, -0.1) is 0 Å². The monoisotopic (exact) mass is 405 g/mol. The smallest absolute Gasteiger partial charge is 0.265 e. The molecule has 0 saturated heterocycles. The van der Waals surface area contributed by atoms with Crippen LogP contribution in [0.1, 0.15) is 32.3 Å². The Morgan fingerprint density at radius 1 is 1.20 bits per heavy atom. The Morgan fingerprint density at radius 2 is 1.96 bits per heavy atom. The number of methoxy groups -OCH3 is 1. The van der Waals surface area contributed by atoms with Gasteiger partial charge in [-0.3, -0.25) is 4.79 Å². The van der Waals surface area contributed by atoms with Crippen LogP contribution in [0.25, 0.3) is 0 Å². The lowest BCUT2D eigenvalue weighted by atomic mass is 10.1. The molecule has 134 valence electrons. The van der Waals surface area contributed by atoms with Crippen molar-refractivity contribution in [3.63, 3.8) is 0 Å². The molecule has 0 aromatic heterocycles. The quantitative estimate of drug-likeness (QED) is 0.655. The van der Waals surface area contributed by atoms with E-state index in [1.54, 1.807) is 26.2 Å². The normalized spacial score (nSPS) is 11.7. The van der Waals surface area contributed by atoms with Gasteiger partial charge in [0, 0.05) is 10.5 Å². The molecule has 0 fully saturated rings. The number of hydrogen-bond donors (Lipinski definition) is 1. The second-order valence-corrected chi connectivity index (χ2v) is 6.70. The molecule has 0 heterocycles. The number of benzene rings is 2. The number of nitrogens with one attached hydrogen (secondary N) is 1. The number of carbonyl (C=O) groups is 1. The van der Waals surface area contributed by atoms with Crippen LogP contribution in [-0.4, -0.2) is 19.1 Å². The van der Waals surface area contributed by atoms with Gasteiger partial charge in [0.25, 0.3) is 5.91 Å². The molecule has 0 spiro atoms. The third-order valence-electron chi connectivity index (χ3n) is 3.83. The van der Waals surface area contributed by atoms with E-state index in [4.69, 9.17) is 9.47 Å². The maximum absolute atomic E-state index is 12.4. The first-order valence-electron chi connectivity index (χ1n) is 8.43. The maximum Gasteiger partial charge on any atom is 0.265 e. The van der Waals surface area contributed by atoms with Crippen molar-refractivity contribution in [1.29, 1.82) is 0 Å². The largest absolute Gasteiger partial charge is 0.497 e. The van der Waals surface area contributed by atoms with Gasteiger partial charge >= 0.3 is 0 Å². The van der Waals surface area contributed by atoms with Crippen molar-refractivity contribution in [2.24, 2.45) is 0 Å². The summed E-state index contributed by atoms with van der Waals surface area (Å²) >= 11 is 3.53. The molecule has 2 aromatic rings. The van der Waals surface area contributed by atoms with Crippen LogP contribution in [0.5, 0.6) is 11.5 Å². The summed E-state index contributed by atoms with van der Waals surface area (Å²) in [6.45, 7) is 3.89. The highest BCUT2D eigenvalue weighted by Crippen LogP contribution is 2.25. The fourth-order valence-corrected chi connectivity index (χ4v) is 2.89. The minimum Gasteiger partial charge on any atom is -0.497 e. The Kier molecular flexibility index (Phi) is 7.31. The van der Waals surface area contributed by atoms with E-state index in [0.29, 0.717) is 11.5 Å². The molecule has 0 saturated carbocycles. The maximum atomic E-state index is 12.4. The van der Waals surface area contributed by atoms with Crippen LogP contribution < -0.4 is 14.8 Å². The molecular formula is C20H24BrNO3. The van der Waals surface area contributed by atoms with Crippen LogP contribution in [0.15, 0.2) is 46.9 Å². The molecule has 1 unspecified atom stereocenters. The highest BCUT2D eigenvalue weighted by molar-refractivity contribution is 9.10. The number of hydrogen-bond acceptors (Lipinski definition) is 3. The number of ether oxygens (including phenoxy) is 2. The lowest BCUT2D eigenvalue weighted by molar-refractivity contribution is -0.122. The molecule has 4 nitrogen and oxygen atoms in total. The summed E-state index contributed by atoms with van der Waals surface area (Å²) < 4.78 is 11.7. The Hall–Kier alpha value is -2.01. The van der Waals surface area contributed by atoms with Crippen molar-refractivity contribution in [2.45, 2.75) is 39.2 Å². The first kappa shape index (κ1) is 19.3. The highest BCUT2D eigenvalue weighted by Gasteiger charge is 2.16. The van der Waals surface area contributed by atoms with E-state index in [0.717, 1.165) is 29.4 Å². The molecule has 2 rings (SSSR count). The fraction of sp³-hybridized carbons (Fsp3) is 0.350. The topological polar surface area (TPSA) is 47.6 Å². The number of halogens is 1. The van der Waals surface area contributed by atoms with Crippen molar-refractivity contribution >= 4 is 27.5 Å². The average Bonchev–Trinajstić information content (AvgIpc) is 2.62. The van der Waals surface area contributed by atoms with E-state index in [9.17, 15) is 4.79 Å². The van der Waals surface area contributed by atoms with E-state index < -0.39 is 6.10 Å². The van der Waals surface area contributed by atoms with Crippen LogP contribution in [0.3, 0.4) is 0 Å². The van der Waals surface area contributed by atoms with Crippen molar-refractivity contribution < 1.29 is 14.3 Å². The third kappa shape index (κ3) is 5.78. The molecule has 0 aliphatic carbocycles.